The molecule has 0 radical (unpaired) electrons. The van der Waals surface area contributed by atoms with Gasteiger partial charge < -0.3 is 9.84 Å². The zero-order valence-corrected chi connectivity index (χ0v) is 17.7. The van der Waals surface area contributed by atoms with E-state index < -0.39 is 22.3 Å². The van der Waals surface area contributed by atoms with Crippen LogP contribution in [0.15, 0.2) is 23.2 Å². The molecule has 0 spiro atoms. The number of nitrogens with zero attached hydrogens (tertiary/aromatic N) is 1. The van der Waals surface area contributed by atoms with Crippen LogP contribution < -0.4 is 9.46 Å². The molecule has 2 atom stereocenters. The zero-order valence-electron chi connectivity index (χ0n) is 16.1. The Hall–Kier alpha value is -1.19. The minimum atomic E-state index is -3.83. The number of aliphatic hydroxyl groups excluding tert-OH is 1. The van der Waals surface area contributed by atoms with Crippen LogP contribution in [0.1, 0.15) is 61.8 Å². The highest BCUT2D eigenvalue weighted by atomic mass is 35.5. The van der Waals surface area contributed by atoms with Crippen LogP contribution in [0.2, 0.25) is 0 Å². The Morgan fingerprint density at radius 2 is 2.07 bits per heavy atom. The average molecular weight is 445 g/mol. The Kier molecular flexibility index (Phi) is 6.18. The molecule has 29 heavy (non-hydrogen) atoms. The van der Waals surface area contributed by atoms with Crippen LogP contribution in [0, 0.1) is 11.7 Å². The summed E-state index contributed by atoms with van der Waals surface area (Å²) in [5.41, 5.74) is 0.753. The lowest BCUT2D eigenvalue weighted by atomic mass is 9.95. The first-order valence-electron chi connectivity index (χ1n) is 10.1. The molecule has 1 aromatic carbocycles. The van der Waals surface area contributed by atoms with Crippen molar-refractivity contribution in [2.24, 2.45) is 5.92 Å². The van der Waals surface area contributed by atoms with Crippen LogP contribution in [-0.2, 0) is 10.2 Å². The van der Waals surface area contributed by atoms with Crippen molar-refractivity contribution in [3.8, 4) is 5.75 Å². The van der Waals surface area contributed by atoms with Gasteiger partial charge in [0.2, 0.25) is 0 Å². The lowest BCUT2D eigenvalue weighted by Crippen LogP contribution is -2.49. The minimum Gasteiger partial charge on any atom is -0.493 e. The van der Waals surface area contributed by atoms with Crippen molar-refractivity contribution in [3.05, 3.63) is 40.2 Å². The van der Waals surface area contributed by atoms with Crippen molar-refractivity contribution in [2.75, 3.05) is 19.7 Å². The van der Waals surface area contributed by atoms with Crippen molar-refractivity contribution in [2.45, 2.75) is 50.7 Å². The Balaban J connectivity index is 1.48. The van der Waals surface area contributed by atoms with Gasteiger partial charge in [0.1, 0.15) is 17.8 Å². The topological polar surface area (TPSA) is 78.9 Å². The molecule has 1 aromatic rings. The van der Waals surface area contributed by atoms with E-state index in [1.165, 1.54) is 10.4 Å². The second-order valence-electron chi connectivity index (χ2n) is 8.07. The molecule has 2 unspecified atom stereocenters. The third-order valence-electron chi connectivity index (χ3n) is 5.80. The molecule has 1 saturated heterocycles. The van der Waals surface area contributed by atoms with Crippen LogP contribution in [0.25, 0.3) is 0 Å². The van der Waals surface area contributed by atoms with Gasteiger partial charge in [-0.3, -0.25) is 0 Å². The maximum absolute atomic E-state index is 14.7. The first-order chi connectivity index (χ1) is 13.8. The molecule has 2 N–H and O–H groups in total. The standard InChI is InChI=1S/C20H26ClFN2O4S/c21-15-6-2-13(3-7-15)12-28-19-11-18(22)17(10-16(19)14-4-5-14)20(25)23-29(26,27)24-8-1-9-24/h6,10-11,13-14,20,23,25H,1-5,7-9,12H2. The maximum atomic E-state index is 14.7. The van der Waals surface area contributed by atoms with Gasteiger partial charge in [0, 0.05) is 29.8 Å². The highest BCUT2D eigenvalue weighted by molar-refractivity contribution is 7.87. The molecule has 9 heteroatoms. The summed E-state index contributed by atoms with van der Waals surface area (Å²) in [6.07, 6.45) is 5.70. The number of ether oxygens (including phenoxy) is 1. The van der Waals surface area contributed by atoms with Crippen LogP contribution in [0.5, 0.6) is 5.75 Å². The van der Waals surface area contributed by atoms with Gasteiger partial charge in [-0.05, 0) is 62.0 Å². The van der Waals surface area contributed by atoms with Crippen molar-refractivity contribution in [1.82, 2.24) is 9.03 Å². The van der Waals surface area contributed by atoms with E-state index >= 15 is 0 Å². The fourth-order valence-electron chi connectivity index (χ4n) is 3.66. The molecule has 1 aliphatic heterocycles. The van der Waals surface area contributed by atoms with E-state index in [2.05, 4.69) is 4.72 Å². The Morgan fingerprint density at radius 3 is 2.66 bits per heavy atom. The molecular weight excluding hydrogens is 419 g/mol. The SMILES string of the molecule is O=S(=O)(NC(O)c1cc(C2CC2)c(OCC2CC=C(Cl)CC2)cc1F)N1CCC1. The molecule has 2 fully saturated rings. The second-order valence-corrected chi connectivity index (χ2v) is 10.3. The minimum absolute atomic E-state index is 0.0734. The molecule has 0 amide bonds. The van der Waals surface area contributed by atoms with E-state index in [0.717, 1.165) is 49.1 Å². The monoisotopic (exact) mass is 444 g/mol. The normalized spacial score (nSPS) is 24.0. The molecular formula is C20H26ClFN2O4S. The van der Waals surface area contributed by atoms with E-state index in [1.807, 2.05) is 6.08 Å². The second kappa shape index (κ2) is 8.51. The fraction of sp³-hybridized carbons (Fsp3) is 0.600. The summed E-state index contributed by atoms with van der Waals surface area (Å²) in [4.78, 5) is 0. The summed E-state index contributed by atoms with van der Waals surface area (Å²) < 4.78 is 48.5. The highest BCUT2D eigenvalue weighted by Gasteiger charge is 2.33. The Labute approximate surface area is 175 Å². The number of nitrogens with one attached hydrogen (secondary N) is 1. The van der Waals surface area contributed by atoms with Gasteiger partial charge in [0.15, 0.2) is 0 Å². The molecule has 1 saturated carbocycles. The molecule has 0 bridgehead atoms. The molecule has 3 aliphatic rings. The Morgan fingerprint density at radius 1 is 1.31 bits per heavy atom. The lowest BCUT2D eigenvalue weighted by Gasteiger charge is -2.30. The van der Waals surface area contributed by atoms with Gasteiger partial charge in [-0.15, -0.1) is 0 Å². The average Bonchev–Trinajstić information content (AvgIpc) is 3.43. The number of rotatable bonds is 8. The number of benzene rings is 1. The van der Waals surface area contributed by atoms with Gasteiger partial charge in [-0.2, -0.15) is 17.4 Å². The molecule has 6 nitrogen and oxygen atoms in total. The van der Waals surface area contributed by atoms with E-state index in [-0.39, 0.29) is 11.5 Å². The van der Waals surface area contributed by atoms with Crippen LogP contribution >= 0.6 is 11.6 Å². The molecule has 160 valence electrons. The summed E-state index contributed by atoms with van der Waals surface area (Å²) in [5, 5.41) is 11.2. The quantitative estimate of drug-likeness (QED) is 0.601. The first-order valence-corrected chi connectivity index (χ1v) is 11.9. The number of hydrogen-bond donors (Lipinski definition) is 2. The van der Waals surface area contributed by atoms with Gasteiger partial charge in [-0.1, -0.05) is 17.7 Å². The number of halogens is 2. The smallest absolute Gasteiger partial charge is 0.281 e. The van der Waals surface area contributed by atoms with Crippen molar-refractivity contribution >= 4 is 21.8 Å². The Bertz CT molecular complexity index is 900. The number of aliphatic hydroxyl groups is 1. The van der Waals surface area contributed by atoms with Crippen LogP contribution in [0.4, 0.5) is 4.39 Å². The van der Waals surface area contributed by atoms with Crippen molar-refractivity contribution in [1.29, 1.82) is 0 Å². The van der Waals surface area contributed by atoms with Crippen molar-refractivity contribution in [3.63, 3.8) is 0 Å². The summed E-state index contributed by atoms with van der Waals surface area (Å²) in [7, 11) is -3.83. The van der Waals surface area contributed by atoms with E-state index in [9.17, 15) is 17.9 Å². The molecule has 1 heterocycles. The highest BCUT2D eigenvalue weighted by Crippen LogP contribution is 2.46. The third kappa shape index (κ3) is 4.94. The predicted octanol–water partition coefficient (Wildman–Crippen LogP) is 3.54. The van der Waals surface area contributed by atoms with Gasteiger partial charge in [-0.25, -0.2) is 4.39 Å². The van der Waals surface area contributed by atoms with E-state index in [0.29, 0.717) is 31.4 Å². The number of hydrogen-bond acceptors (Lipinski definition) is 4. The molecule has 2 aliphatic carbocycles. The van der Waals surface area contributed by atoms with Crippen molar-refractivity contribution < 1.29 is 22.7 Å². The van der Waals surface area contributed by atoms with Gasteiger partial charge in [0.25, 0.3) is 10.2 Å². The maximum Gasteiger partial charge on any atom is 0.281 e. The van der Waals surface area contributed by atoms with Crippen LogP contribution in [0.3, 0.4) is 0 Å². The summed E-state index contributed by atoms with van der Waals surface area (Å²) in [5.74, 6) is 0.382. The number of allylic oxidation sites excluding steroid dienone is 2. The third-order valence-corrected chi connectivity index (χ3v) is 7.70. The summed E-state index contributed by atoms with van der Waals surface area (Å²) in [6, 6.07) is 2.82. The van der Waals surface area contributed by atoms with Crippen LogP contribution in [-0.4, -0.2) is 37.5 Å². The summed E-state index contributed by atoms with van der Waals surface area (Å²) in [6.45, 7) is 1.29. The molecule has 4 rings (SSSR count). The van der Waals surface area contributed by atoms with E-state index in [4.69, 9.17) is 16.3 Å². The fourth-order valence-corrected chi connectivity index (χ4v) is 5.15. The van der Waals surface area contributed by atoms with E-state index in [1.54, 1.807) is 6.07 Å². The van der Waals surface area contributed by atoms with Gasteiger partial charge in [0.05, 0.1) is 6.61 Å². The molecule has 0 aromatic heterocycles. The van der Waals surface area contributed by atoms with Gasteiger partial charge >= 0.3 is 0 Å². The largest absolute Gasteiger partial charge is 0.493 e. The summed E-state index contributed by atoms with van der Waals surface area (Å²) >= 11 is 6.02. The zero-order chi connectivity index (χ0) is 20.6. The lowest BCUT2D eigenvalue weighted by molar-refractivity contribution is 0.155. The first kappa shape index (κ1) is 21.1. The predicted molar refractivity (Wildman–Crippen MR) is 108 cm³/mol.